The van der Waals surface area contributed by atoms with Crippen LogP contribution in [-0.2, 0) is 19.6 Å². The molecule has 1 fully saturated rings. The third kappa shape index (κ3) is 5.37. The molecule has 1 amide bonds. The highest BCUT2D eigenvalue weighted by molar-refractivity contribution is 7.89. The molecule has 2 N–H and O–H groups in total. The van der Waals surface area contributed by atoms with Crippen molar-refractivity contribution in [2.24, 2.45) is 0 Å². The zero-order valence-electron chi connectivity index (χ0n) is 15.1. The fraction of sp³-hybridized carbons (Fsp3) is 0.278. The predicted octanol–water partition coefficient (Wildman–Crippen LogP) is 3.20. The highest BCUT2D eigenvalue weighted by Crippen LogP contribution is 2.28. The molecule has 0 radical (unpaired) electrons. The summed E-state index contributed by atoms with van der Waals surface area (Å²) in [5.74, 6) is -1.00. The number of carbonyl (C=O) groups excluding carboxylic acids is 1. The monoisotopic (exact) mass is 461 g/mol. The Bertz CT molecular complexity index is 1010. The van der Waals surface area contributed by atoms with Crippen LogP contribution in [0.1, 0.15) is 0 Å². The summed E-state index contributed by atoms with van der Waals surface area (Å²) in [6, 6.07) is 8.23. The molecule has 156 valence electrons. The molecule has 0 aliphatic carbocycles. The van der Waals surface area contributed by atoms with Gasteiger partial charge >= 0.3 is 0 Å². The van der Waals surface area contributed by atoms with Crippen LogP contribution in [0.2, 0.25) is 10.0 Å². The normalized spacial score (nSPS) is 15.1. The number of amides is 1. The Kier molecular flexibility index (Phi) is 6.97. The Morgan fingerprint density at radius 1 is 1.07 bits per heavy atom. The van der Waals surface area contributed by atoms with Crippen LogP contribution in [0, 0.1) is 5.82 Å². The van der Waals surface area contributed by atoms with E-state index in [2.05, 4.69) is 10.6 Å². The lowest BCUT2D eigenvalue weighted by atomic mass is 10.3. The fourth-order valence-corrected chi connectivity index (χ4v) is 4.79. The number of carbonyl (C=O) groups is 1. The van der Waals surface area contributed by atoms with E-state index < -0.39 is 21.7 Å². The molecule has 0 saturated carbocycles. The third-order valence-electron chi connectivity index (χ3n) is 4.18. The summed E-state index contributed by atoms with van der Waals surface area (Å²) in [5, 5.41) is 5.40. The number of anilines is 2. The molecule has 2 aromatic rings. The highest BCUT2D eigenvalue weighted by atomic mass is 35.5. The van der Waals surface area contributed by atoms with Crippen LogP contribution in [0.5, 0.6) is 0 Å². The number of nitrogens with one attached hydrogen (secondary N) is 2. The van der Waals surface area contributed by atoms with Gasteiger partial charge in [-0.3, -0.25) is 4.79 Å². The molecule has 7 nitrogen and oxygen atoms in total. The summed E-state index contributed by atoms with van der Waals surface area (Å²) in [5.41, 5.74) is 0.753. The van der Waals surface area contributed by atoms with Gasteiger partial charge in [-0.2, -0.15) is 4.31 Å². The van der Waals surface area contributed by atoms with Crippen LogP contribution < -0.4 is 10.6 Å². The Hall–Kier alpha value is -1.91. The number of ether oxygens (including phenoxy) is 1. The summed E-state index contributed by atoms with van der Waals surface area (Å²) in [6.07, 6.45) is 0. The van der Waals surface area contributed by atoms with Gasteiger partial charge in [-0.25, -0.2) is 12.8 Å². The lowest BCUT2D eigenvalue weighted by Gasteiger charge is -2.26. The second-order valence-electron chi connectivity index (χ2n) is 6.19. The first-order valence-electron chi connectivity index (χ1n) is 8.63. The second kappa shape index (κ2) is 9.27. The Morgan fingerprint density at radius 3 is 2.45 bits per heavy atom. The maximum Gasteiger partial charge on any atom is 0.244 e. The van der Waals surface area contributed by atoms with Gasteiger partial charge in [-0.1, -0.05) is 23.2 Å². The van der Waals surface area contributed by atoms with Crippen molar-refractivity contribution >= 4 is 50.5 Å². The highest BCUT2D eigenvalue weighted by Gasteiger charge is 2.28. The number of nitrogens with zero attached hydrogens (tertiary/aromatic N) is 1. The number of hydrogen-bond donors (Lipinski definition) is 2. The van der Waals surface area contributed by atoms with E-state index >= 15 is 0 Å². The number of halogens is 3. The smallest absolute Gasteiger partial charge is 0.244 e. The molecule has 0 atom stereocenters. The minimum Gasteiger partial charge on any atom is -0.379 e. The number of morpholine rings is 1. The largest absolute Gasteiger partial charge is 0.379 e. The Labute approximate surface area is 177 Å². The first kappa shape index (κ1) is 21.8. The molecule has 1 aliphatic heterocycles. The Morgan fingerprint density at radius 2 is 1.76 bits per heavy atom. The average molecular weight is 462 g/mol. The van der Waals surface area contributed by atoms with Crippen molar-refractivity contribution in [3.63, 3.8) is 0 Å². The quantitative estimate of drug-likeness (QED) is 0.689. The van der Waals surface area contributed by atoms with E-state index in [0.717, 1.165) is 6.07 Å². The lowest BCUT2D eigenvalue weighted by Crippen LogP contribution is -2.40. The van der Waals surface area contributed by atoms with Gasteiger partial charge in [0.1, 0.15) is 10.7 Å². The number of hydrogen-bond acceptors (Lipinski definition) is 5. The standard InChI is InChI=1S/C18H18Cl2FN3O4S/c19-14-3-1-12(10-17(14)29(26,27)24-5-7-28-8-6-24)22-11-18(25)23-13-2-4-16(21)15(20)9-13/h1-4,9-10,22H,5-8,11H2,(H,23,25). The van der Waals surface area contributed by atoms with E-state index in [9.17, 15) is 17.6 Å². The van der Waals surface area contributed by atoms with Crippen LogP contribution in [0.15, 0.2) is 41.3 Å². The second-order valence-corrected chi connectivity index (χ2v) is 8.91. The molecule has 1 heterocycles. The number of sulfonamides is 1. The fourth-order valence-electron chi connectivity index (χ4n) is 2.70. The minimum atomic E-state index is -3.78. The van der Waals surface area contributed by atoms with Gasteiger partial charge in [0.15, 0.2) is 0 Å². The zero-order chi connectivity index (χ0) is 21.0. The molecule has 29 heavy (non-hydrogen) atoms. The van der Waals surface area contributed by atoms with Gasteiger partial charge in [0.05, 0.1) is 29.8 Å². The molecular formula is C18H18Cl2FN3O4S. The zero-order valence-corrected chi connectivity index (χ0v) is 17.5. The maximum absolute atomic E-state index is 13.2. The topological polar surface area (TPSA) is 87.7 Å². The molecule has 1 aliphatic rings. The summed E-state index contributed by atoms with van der Waals surface area (Å²) < 4.78 is 45.3. The first-order chi connectivity index (χ1) is 13.8. The van der Waals surface area contributed by atoms with Crippen LogP contribution in [0.25, 0.3) is 0 Å². The molecule has 1 saturated heterocycles. The van der Waals surface area contributed by atoms with E-state index in [4.69, 9.17) is 27.9 Å². The minimum absolute atomic E-state index is 0.0446. The maximum atomic E-state index is 13.2. The molecule has 0 unspecified atom stereocenters. The van der Waals surface area contributed by atoms with Gasteiger partial charge in [-0.15, -0.1) is 0 Å². The van der Waals surface area contributed by atoms with Crippen LogP contribution in [-0.4, -0.2) is 51.5 Å². The summed E-state index contributed by atoms with van der Waals surface area (Å²) in [6.45, 7) is 0.996. The van der Waals surface area contributed by atoms with Crippen molar-refractivity contribution in [2.45, 2.75) is 4.90 Å². The van der Waals surface area contributed by atoms with Crippen molar-refractivity contribution < 1.29 is 22.3 Å². The van der Waals surface area contributed by atoms with E-state index in [1.807, 2.05) is 0 Å². The van der Waals surface area contributed by atoms with Crippen molar-refractivity contribution in [2.75, 3.05) is 43.5 Å². The molecule has 0 spiro atoms. The molecule has 0 bridgehead atoms. The lowest BCUT2D eigenvalue weighted by molar-refractivity contribution is -0.114. The third-order valence-corrected chi connectivity index (χ3v) is 6.85. The van der Waals surface area contributed by atoms with Gasteiger partial charge in [0.2, 0.25) is 15.9 Å². The SMILES string of the molecule is O=C(CNc1ccc(Cl)c(S(=O)(=O)N2CCOCC2)c1)Nc1ccc(F)c(Cl)c1. The van der Waals surface area contributed by atoms with E-state index in [0.29, 0.717) is 24.6 Å². The van der Waals surface area contributed by atoms with Crippen molar-refractivity contribution in [3.8, 4) is 0 Å². The number of rotatable bonds is 6. The van der Waals surface area contributed by atoms with Crippen molar-refractivity contribution in [3.05, 3.63) is 52.3 Å². The Balaban J connectivity index is 1.67. The molecule has 3 rings (SSSR count). The van der Waals surface area contributed by atoms with Gasteiger partial charge in [-0.05, 0) is 36.4 Å². The van der Waals surface area contributed by atoms with Gasteiger partial charge in [0.25, 0.3) is 0 Å². The molecule has 2 aromatic carbocycles. The van der Waals surface area contributed by atoms with E-state index in [1.54, 1.807) is 6.07 Å². The predicted molar refractivity (Wildman–Crippen MR) is 110 cm³/mol. The van der Waals surface area contributed by atoms with Crippen LogP contribution in [0.4, 0.5) is 15.8 Å². The molecule has 0 aromatic heterocycles. The van der Waals surface area contributed by atoms with E-state index in [1.165, 1.54) is 28.6 Å². The van der Waals surface area contributed by atoms with Crippen molar-refractivity contribution in [1.82, 2.24) is 4.31 Å². The molecular weight excluding hydrogens is 444 g/mol. The van der Waals surface area contributed by atoms with Gasteiger partial charge in [0, 0.05) is 24.5 Å². The summed E-state index contributed by atoms with van der Waals surface area (Å²) in [4.78, 5) is 12.1. The van der Waals surface area contributed by atoms with E-state index in [-0.39, 0.29) is 34.6 Å². The average Bonchev–Trinajstić information content (AvgIpc) is 2.70. The van der Waals surface area contributed by atoms with Crippen LogP contribution >= 0.6 is 23.2 Å². The van der Waals surface area contributed by atoms with Crippen LogP contribution in [0.3, 0.4) is 0 Å². The van der Waals surface area contributed by atoms with Gasteiger partial charge < -0.3 is 15.4 Å². The summed E-state index contributed by atoms with van der Waals surface area (Å²) in [7, 11) is -3.78. The van der Waals surface area contributed by atoms with Crippen molar-refractivity contribution in [1.29, 1.82) is 0 Å². The number of benzene rings is 2. The first-order valence-corrected chi connectivity index (χ1v) is 10.8. The molecule has 11 heteroatoms. The summed E-state index contributed by atoms with van der Waals surface area (Å²) >= 11 is 11.8.